The van der Waals surface area contributed by atoms with Crippen LogP contribution in [-0.4, -0.2) is 43.4 Å². The molecule has 0 amide bonds. The van der Waals surface area contributed by atoms with Gasteiger partial charge < -0.3 is 4.74 Å². The van der Waals surface area contributed by atoms with Crippen LogP contribution in [0.4, 0.5) is 0 Å². The standard InChI is InChI=1S/C13H18BrNO3S2/c1-9-10(2)19-7-6-15(9)20(16,17)13-8-11(14)4-5-12(13)18-3/h4-5,8-10H,6-7H2,1-3H3. The third-order valence-electron chi connectivity index (χ3n) is 3.54. The molecule has 1 aromatic carbocycles. The molecule has 0 aromatic heterocycles. The van der Waals surface area contributed by atoms with Gasteiger partial charge in [0.25, 0.3) is 0 Å². The lowest BCUT2D eigenvalue weighted by Gasteiger charge is -2.36. The van der Waals surface area contributed by atoms with Crippen LogP contribution in [0.2, 0.25) is 0 Å². The Hall–Kier alpha value is -0.240. The van der Waals surface area contributed by atoms with Crippen LogP contribution in [0.5, 0.6) is 5.75 Å². The van der Waals surface area contributed by atoms with Crippen LogP contribution < -0.4 is 4.74 Å². The van der Waals surface area contributed by atoms with Crippen molar-refractivity contribution in [3.63, 3.8) is 0 Å². The van der Waals surface area contributed by atoms with E-state index >= 15 is 0 Å². The minimum atomic E-state index is -3.54. The molecule has 1 aliphatic rings. The first-order valence-electron chi connectivity index (χ1n) is 6.35. The topological polar surface area (TPSA) is 46.6 Å². The van der Waals surface area contributed by atoms with Crippen LogP contribution in [0.25, 0.3) is 0 Å². The molecular formula is C13H18BrNO3S2. The van der Waals surface area contributed by atoms with E-state index in [1.165, 1.54) is 7.11 Å². The fourth-order valence-corrected chi connectivity index (χ4v) is 5.91. The number of methoxy groups -OCH3 is 1. The van der Waals surface area contributed by atoms with E-state index in [1.807, 2.05) is 18.7 Å². The van der Waals surface area contributed by atoms with Gasteiger partial charge in [0.1, 0.15) is 10.6 Å². The number of halogens is 1. The second-order valence-corrected chi connectivity index (χ2v) is 8.99. The maximum absolute atomic E-state index is 12.9. The van der Waals surface area contributed by atoms with Gasteiger partial charge in [-0.2, -0.15) is 16.1 Å². The molecule has 0 aliphatic carbocycles. The molecule has 0 saturated carbocycles. The Bertz CT molecular complexity index is 591. The fourth-order valence-electron chi connectivity index (χ4n) is 2.22. The van der Waals surface area contributed by atoms with Gasteiger partial charge in [0, 0.05) is 28.1 Å². The van der Waals surface area contributed by atoms with Crippen molar-refractivity contribution in [1.82, 2.24) is 4.31 Å². The van der Waals surface area contributed by atoms with E-state index < -0.39 is 10.0 Å². The molecular weight excluding hydrogens is 362 g/mol. The molecule has 1 fully saturated rings. The Balaban J connectivity index is 2.47. The number of nitrogens with zero attached hydrogens (tertiary/aromatic N) is 1. The van der Waals surface area contributed by atoms with Crippen molar-refractivity contribution in [3.8, 4) is 5.75 Å². The van der Waals surface area contributed by atoms with Gasteiger partial charge in [-0.05, 0) is 25.1 Å². The Morgan fingerprint density at radius 3 is 2.75 bits per heavy atom. The lowest BCUT2D eigenvalue weighted by molar-refractivity contribution is 0.336. The summed E-state index contributed by atoms with van der Waals surface area (Å²) in [6.07, 6.45) is 0. The van der Waals surface area contributed by atoms with Crippen molar-refractivity contribution in [2.45, 2.75) is 30.0 Å². The van der Waals surface area contributed by atoms with Crippen LogP contribution in [0, 0.1) is 0 Å². The summed E-state index contributed by atoms with van der Waals surface area (Å²) in [6, 6.07) is 5.02. The molecule has 1 saturated heterocycles. The van der Waals surface area contributed by atoms with E-state index in [2.05, 4.69) is 22.9 Å². The molecule has 0 N–H and O–H groups in total. The average Bonchev–Trinajstić information content (AvgIpc) is 2.41. The van der Waals surface area contributed by atoms with Gasteiger partial charge >= 0.3 is 0 Å². The largest absolute Gasteiger partial charge is 0.495 e. The van der Waals surface area contributed by atoms with Crippen LogP contribution in [0.1, 0.15) is 13.8 Å². The Labute approximate surface area is 133 Å². The zero-order valence-corrected chi connectivity index (χ0v) is 14.9. The van der Waals surface area contributed by atoms with Crippen LogP contribution in [-0.2, 0) is 10.0 Å². The summed E-state index contributed by atoms with van der Waals surface area (Å²) in [6.45, 7) is 4.56. The quantitative estimate of drug-likeness (QED) is 0.809. The van der Waals surface area contributed by atoms with Crippen LogP contribution >= 0.6 is 27.7 Å². The number of hydrogen-bond acceptors (Lipinski definition) is 4. The fraction of sp³-hybridized carbons (Fsp3) is 0.538. The summed E-state index contributed by atoms with van der Waals surface area (Å²) < 4.78 is 33.3. The monoisotopic (exact) mass is 379 g/mol. The van der Waals surface area contributed by atoms with Crippen LogP contribution in [0.15, 0.2) is 27.6 Å². The third-order valence-corrected chi connectivity index (χ3v) is 7.38. The Kier molecular flexibility index (Phi) is 5.05. The predicted molar refractivity (Wildman–Crippen MR) is 86.0 cm³/mol. The first-order valence-corrected chi connectivity index (χ1v) is 9.63. The number of hydrogen-bond donors (Lipinski definition) is 0. The highest BCUT2D eigenvalue weighted by Gasteiger charge is 2.36. The lowest BCUT2D eigenvalue weighted by Crippen LogP contribution is -2.47. The number of benzene rings is 1. The summed E-state index contributed by atoms with van der Waals surface area (Å²) >= 11 is 5.13. The maximum atomic E-state index is 12.9. The second-order valence-electron chi connectivity index (χ2n) is 4.73. The van der Waals surface area contributed by atoms with E-state index in [9.17, 15) is 8.42 Å². The minimum Gasteiger partial charge on any atom is -0.495 e. The zero-order chi connectivity index (χ0) is 14.9. The van der Waals surface area contributed by atoms with E-state index in [1.54, 1.807) is 22.5 Å². The van der Waals surface area contributed by atoms with Crippen molar-refractivity contribution in [2.24, 2.45) is 0 Å². The molecule has 1 aliphatic heterocycles. The van der Waals surface area contributed by atoms with Gasteiger partial charge in [-0.3, -0.25) is 0 Å². The summed E-state index contributed by atoms with van der Waals surface area (Å²) in [5.41, 5.74) is 0. The van der Waals surface area contributed by atoms with E-state index in [-0.39, 0.29) is 16.2 Å². The molecule has 2 atom stereocenters. The van der Waals surface area contributed by atoms with Gasteiger partial charge in [-0.1, -0.05) is 22.9 Å². The first kappa shape index (κ1) is 16.1. The number of sulfonamides is 1. The second kappa shape index (κ2) is 6.25. The predicted octanol–water partition coefficient (Wildman–Crippen LogP) is 2.97. The zero-order valence-electron chi connectivity index (χ0n) is 11.7. The summed E-state index contributed by atoms with van der Waals surface area (Å²) in [5, 5.41) is 0.289. The third kappa shape index (κ3) is 3.00. The Morgan fingerprint density at radius 1 is 1.40 bits per heavy atom. The molecule has 1 aromatic rings. The number of thioether (sulfide) groups is 1. The van der Waals surface area contributed by atoms with Crippen molar-refractivity contribution in [3.05, 3.63) is 22.7 Å². The molecule has 0 radical (unpaired) electrons. The minimum absolute atomic E-state index is 0.0255. The average molecular weight is 380 g/mol. The van der Waals surface area contributed by atoms with Crippen LogP contribution in [0.3, 0.4) is 0 Å². The molecule has 112 valence electrons. The van der Waals surface area contributed by atoms with Gasteiger partial charge in [0.2, 0.25) is 10.0 Å². The highest BCUT2D eigenvalue weighted by Crippen LogP contribution is 2.34. The molecule has 20 heavy (non-hydrogen) atoms. The van der Waals surface area contributed by atoms with Gasteiger partial charge in [0.15, 0.2) is 0 Å². The first-order chi connectivity index (χ1) is 9.37. The van der Waals surface area contributed by atoms with E-state index in [0.29, 0.717) is 12.3 Å². The molecule has 2 unspecified atom stereocenters. The summed E-state index contributed by atoms with van der Waals surface area (Å²) in [7, 11) is -2.06. The number of ether oxygens (including phenoxy) is 1. The number of rotatable bonds is 3. The van der Waals surface area contributed by atoms with Crippen molar-refractivity contribution in [2.75, 3.05) is 19.4 Å². The smallest absolute Gasteiger partial charge is 0.247 e. The highest BCUT2D eigenvalue weighted by atomic mass is 79.9. The normalized spacial score (nSPS) is 24.6. The summed E-state index contributed by atoms with van der Waals surface area (Å²) in [5.74, 6) is 1.20. The molecule has 1 heterocycles. The van der Waals surface area contributed by atoms with Gasteiger partial charge in [0.05, 0.1) is 7.11 Å². The van der Waals surface area contributed by atoms with E-state index in [0.717, 1.165) is 10.2 Å². The molecule has 2 rings (SSSR count). The Morgan fingerprint density at radius 2 is 2.10 bits per heavy atom. The molecule has 4 nitrogen and oxygen atoms in total. The van der Waals surface area contributed by atoms with Crippen molar-refractivity contribution >= 4 is 37.7 Å². The highest BCUT2D eigenvalue weighted by molar-refractivity contribution is 9.10. The van der Waals surface area contributed by atoms with Crippen molar-refractivity contribution in [1.29, 1.82) is 0 Å². The maximum Gasteiger partial charge on any atom is 0.247 e. The SMILES string of the molecule is COc1ccc(Br)cc1S(=O)(=O)N1CCSC(C)C1C. The molecule has 7 heteroatoms. The summed E-state index contributed by atoms with van der Waals surface area (Å²) in [4.78, 5) is 0.223. The van der Waals surface area contributed by atoms with Crippen molar-refractivity contribution < 1.29 is 13.2 Å². The lowest BCUT2D eigenvalue weighted by atomic mass is 10.2. The molecule has 0 spiro atoms. The molecule has 0 bridgehead atoms. The van der Waals surface area contributed by atoms with Gasteiger partial charge in [-0.15, -0.1) is 0 Å². The van der Waals surface area contributed by atoms with Gasteiger partial charge in [-0.25, -0.2) is 8.42 Å². The van der Waals surface area contributed by atoms with E-state index in [4.69, 9.17) is 4.74 Å².